The van der Waals surface area contributed by atoms with Crippen molar-refractivity contribution in [1.29, 1.82) is 0 Å². The summed E-state index contributed by atoms with van der Waals surface area (Å²) in [6, 6.07) is 52.1. The Hall–Kier alpha value is -6.32. The Balaban J connectivity index is 1.32. The molecule has 0 fully saturated rings. The van der Waals surface area contributed by atoms with Gasteiger partial charge in [-0.2, -0.15) is 0 Å². The highest BCUT2D eigenvalue weighted by Gasteiger charge is 2.48. The van der Waals surface area contributed by atoms with Gasteiger partial charge in [-0.25, -0.2) is 9.97 Å². The molecule has 0 bridgehead atoms. The zero-order chi connectivity index (χ0) is 33.1. The molecule has 1 unspecified atom stereocenters. The molecule has 2 aliphatic carbocycles. The van der Waals surface area contributed by atoms with Crippen molar-refractivity contribution >= 4 is 45.1 Å². The molecule has 50 heavy (non-hydrogen) atoms. The largest absolute Gasteiger partial charge is 0.315 e. The second-order valence-electron chi connectivity index (χ2n) is 13.2. The van der Waals surface area contributed by atoms with Crippen molar-refractivity contribution in [3.63, 3.8) is 0 Å². The Morgan fingerprint density at radius 2 is 1.32 bits per heavy atom. The van der Waals surface area contributed by atoms with Crippen LogP contribution in [0, 0.1) is 0 Å². The van der Waals surface area contributed by atoms with E-state index in [2.05, 4.69) is 150 Å². The number of hydrogen-bond donors (Lipinski definition) is 0. The first-order valence-electron chi connectivity index (χ1n) is 17.4. The summed E-state index contributed by atoms with van der Waals surface area (Å²) in [5.41, 5.74) is 14.3. The predicted octanol–water partition coefficient (Wildman–Crippen LogP) is 11.6. The fourth-order valence-electron chi connectivity index (χ4n) is 8.46. The monoisotopic (exact) mass is 639 g/mol. The van der Waals surface area contributed by atoms with Crippen LogP contribution in [-0.2, 0) is 5.41 Å². The lowest BCUT2D eigenvalue weighted by molar-refractivity contribution is 0.755. The van der Waals surface area contributed by atoms with E-state index >= 15 is 0 Å². The highest BCUT2D eigenvalue weighted by Crippen LogP contribution is 2.59. The summed E-state index contributed by atoms with van der Waals surface area (Å²) in [4.78, 5) is 10.3. The molecule has 0 N–H and O–H groups in total. The average Bonchev–Trinajstić information content (AvgIpc) is 3.68. The van der Waals surface area contributed by atoms with Gasteiger partial charge in [-0.15, -0.1) is 0 Å². The Bertz CT molecular complexity index is 2700. The number of aromatic nitrogens is 3. The molecule has 0 saturated carbocycles. The van der Waals surface area contributed by atoms with E-state index in [1.807, 2.05) is 30.3 Å². The SMILES string of the molecule is C1=CC(C2(c3ccccc3)c3ccccc3-c3ccc4c5ccccc5n(C=Cc5nc6ccccc6nc5-c5ccccc5)c4c32)=CCC1. The number of rotatable bonds is 5. The quantitative estimate of drug-likeness (QED) is 0.188. The summed E-state index contributed by atoms with van der Waals surface area (Å²) >= 11 is 0. The van der Waals surface area contributed by atoms with Gasteiger partial charge in [0.05, 0.1) is 38.9 Å². The van der Waals surface area contributed by atoms with Crippen molar-refractivity contribution in [3.8, 4) is 22.4 Å². The zero-order valence-corrected chi connectivity index (χ0v) is 27.5. The van der Waals surface area contributed by atoms with E-state index in [9.17, 15) is 0 Å². The van der Waals surface area contributed by atoms with Crippen LogP contribution in [0.2, 0.25) is 0 Å². The topological polar surface area (TPSA) is 30.7 Å². The molecule has 1 atom stereocenters. The molecule has 8 aromatic rings. The van der Waals surface area contributed by atoms with Crippen LogP contribution in [0.5, 0.6) is 0 Å². The smallest absolute Gasteiger partial charge is 0.0967 e. The Morgan fingerprint density at radius 3 is 2.14 bits per heavy atom. The first-order chi connectivity index (χ1) is 24.8. The maximum atomic E-state index is 5.18. The van der Waals surface area contributed by atoms with Crippen molar-refractivity contribution in [2.45, 2.75) is 18.3 Å². The van der Waals surface area contributed by atoms with E-state index in [0.29, 0.717) is 0 Å². The van der Waals surface area contributed by atoms with E-state index < -0.39 is 5.41 Å². The molecule has 6 aromatic carbocycles. The van der Waals surface area contributed by atoms with Crippen LogP contribution in [0.25, 0.3) is 67.5 Å². The minimum atomic E-state index is -0.485. The van der Waals surface area contributed by atoms with Crippen LogP contribution < -0.4 is 0 Å². The standard InChI is InChI=1S/C47H33N3/c1-4-16-32(17-5-1)45-42(48-40-25-13-14-26-41(40)49-45)30-31-50-43-27-15-11-23-36(43)38-29-28-37-35-22-10-12-24-39(35)47(44(37)46(38)50,33-18-6-2-7-19-33)34-20-8-3-9-21-34/h1-2,4-8,10-31H,3,9H2. The minimum Gasteiger partial charge on any atom is -0.315 e. The summed E-state index contributed by atoms with van der Waals surface area (Å²) in [6.07, 6.45) is 13.7. The molecule has 0 amide bonds. The van der Waals surface area contributed by atoms with Gasteiger partial charge in [0.1, 0.15) is 0 Å². The number of fused-ring (bicyclic) bond motifs is 8. The molecular formula is C47H33N3. The van der Waals surface area contributed by atoms with E-state index in [4.69, 9.17) is 9.97 Å². The minimum absolute atomic E-state index is 0.485. The summed E-state index contributed by atoms with van der Waals surface area (Å²) in [6.45, 7) is 0. The van der Waals surface area contributed by atoms with E-state index in [-0.39, 0.29) is 0 Å². The molecular weight excluding hydrogens is 607 g/mol. The molecule has 0 spiro atoms. The highest BCUT2D eigenvalue weighted by atomic mass is 15.0. The lowest BCUT2D eigenvalue weighted by Gasteiger charge is -2.36. The molecule has 236 valence electrons. The highest BCUT2D eigenvalue weighted by molar-refractivity contribution is 6.14. The van der Waals surface area contributed by atoms with Gasteiger partial charge in [-0.05, 0) is 64.9 Å². The van der Waals surface area contributed by atoms with Crippen LogP contribution in [0.4, 0.5) is 0 Å². The third-order valence-electron chi connectivity index (χ3n) is 10.5. The fourth-order valence-corrected chi connectivity index (χ4v) is 8.46. The first-order valence-corrected chi connectivity index (χ1v) is 17.4. The van der Waals surface area contributed by atoms with Crippen LogP contribution >= 0.6 is 0 Å². The van der Waals surface area contributed by atoms with E-state index in [1.165, 1.54) is 49.7 Å². The molecule has 2 heterocycles. The number of nitrogens with zero attached hydrogens (tertiary/aromatic N) is 3. The Labute approximate surface area is 291 Å². The summed E-state index contributed by atoms with van der Waals surface area (Å²) in [7, 11) is 0. The number of allylic oxidation sites excluding steroid dienone is 4. The van der Waals surface area contributed by atoms with Gasteiger partial charge in [-0.1, -0.05) is 146 Å². The zero-order valence-electron chi connectivity index (χ0n) is 27.5. The molecule has 0 radical (unpaired) electrons. The molecule has 10 rings (SSSR count). The van der Waals surface area contributed by atoms with Crippen molar-refractivity contribution < 1.29 is 0 Å². The first kappa shape index (κ1) is 28.7. The van der Waals surface area contributed by atoms with E-state index in [0.717, 1.165) is 46.3 Å². The summed E-state index contributed by atoms with van der Waals surface area (Å²) in [5, 5.41) is 2.47. The normalized spacial score (nSPS) is 16.7. The second-order valence-corrected chi connectivity index (χ2v) is 13.2. The number of benzene rings is 6. The van der Waals surface area contributed by atoms with Crippen LogP contribution in [0.3, 0.4) is 0 Å². The van der Waals surface area contributed by atoms with Gasteiger partial charge >= 0.3 is 0 Å². The number of para-hydroxylation sites is 3. The third-order valence-corrected chi connectivity index (χ3v) is 10.5. The predicted molar refractivity (Wildman–Crippen MR) is 208 cm³/mol. The van der Waals surface area contributed by atoms with Crippen molar-refractivity contribution in [3.05, 3.63) is 192 Å². The van der Waals surface area contributed by atoms with Crippen molar-refractivity contribution in [2.24, 2.45) is 0 Å². The van der Waals surface area contributed by atoms with Gasteiger partial charge in [0.25, 0.3) is 0 Å². The molecule has 3 heteroatoms. The maximum absolute atomic E-state index is 5.18. The lowest BCUT2D eigenvalue weighted by Crippen LogP contribution is -2.30. The molecule has 0 aliphatic heterocycles. The van der Waals surface area contributed by atoms with Crippen LogP contribution in [0.15, 0.2) is 169 Å². The van der Waals surface area contributed by atoms with Gasteiger partial charge in [-0.3, -0.25) is 0 Å². The fraction of sp³-hybridized carbons (Fsp3) is 0.0638. The van der Waals surface area contributed by atoms with Crippen molar-refractivity contribution in [1.82, 2.24) is 14.5 Å². The average molecular weight is 640 g/mol. The summed E-state index contributed by atoms with van der Waals surface area (Å²) < 4.78 is 2.41. The Kier molecular flexibility index (Phi) is 6.53. The van der Waals surface area contributed by atoms with Gasteiger partial charge in [0, 0.05) is 28.1 Å². The number of hydrogen-bond acceptors (Lipinski definition) is 2. The molecule has 2 aromatic heterocycles. The second kappa shape index (κ2) is 11.4. The van der Waals surface area contributed by atoms with Gasteiger partial charge < -0.3 is 4.57 Å². The van der Waals surface area contributed by atoms with Gasteiger partial charge in [0.15, 0.2) is 0 Å². The van der Waals surface area contributed by atoms with Crippen LogP contribution in [-0.4, -0.2) is 14.5 Å². The molecule has 0 saturated heterocycles. The Morgan fingerprint density at radius 1 is 0.600 bits per heavy atom. The van der Waals surface area contributed by atoms with Gasteiger partial charge in [0.2, 0.25) is 0 Å². The third kappa shape index (κ3) is 4.17. The van der Waals surface area contributed by atoms with E-state index in [1.54, 1.807) is 0 Å². The molecule has 2 aliphatic rings. The lowest BCUT2D eigenvalue weighted by atomic mass is 9.66. The maximum Gasteiger partial charge on any atom is 0.0967 e. The van der Waals surface area contributed by atoms with Crippen molar-refractivity contribution in [2.75, 3.05) is 0 Å². The van der Waals surface area contributed by atoms with Crippen LogP contribution in [0.1, 0.15) is 35.2 Å². The molecule has 3 nitrogen and oxygen atoms in total. The summed E-state index contributed by atoms with van der Waals surface area (Å²) in [5.74, 6) is 0.